The number of nitrogens with two attached hydrogens (primary N) is 1. The molecule has 8 heteroatoms. The van der Waals surface area contributed by atoms with Crippen LogP contribution in [0.5, 0.6) is 5.75 Å². The van der Waals surface area contributed by atoms with Crippen LogP contribution in [-0.2, 0) is 10.2 Å². The van der Waals surface area contributed by atoms with E-state index in [-0.39, 0.29) is 11.9 Å². The molecule has 26 heavy (non-hydrogen) atoms. The number of nitrogens with one attached hydrogen (secondary N) is 1. The number of anilines is 2. The lowest BCUT2D eigenvalue weighted by Gasteiger charge is -2.31. The minimum atomic E-state index is -3.68. The first-order valence-electron chi connectivity index (χ1n) is 8.40. The summed E-state index contributed by atoms with van der Waals surface area (Å²) in [7, 11) is -3.68. The van der Waals surface area contributed by atoms with Gasteiger partial charge in [0.05, 0.1) is 5.69 Å². The molecule has 1 fully saturated rings. The topological polar surface area (TPSA) is 84.7 Å². The number of piperidine rings is 1. The predicted octanol–water partition coefficient (Wildman–Crippen LogP) is 2.92. The van der Waals surface area contributed by atoms with Crippen molar-refractivity contribution >= 4 is 21.6 Å². The van der Waals surface area contributed by atoms with E-state index in [9.17, 15) is 12.8 Å². The monoisotopic (exact) mass is 379 g/mol. The molecule has 1 heterocycles. The third-order valence-electron chi connectivity index (χ3n) is 4.22. The second-order valence-corrected chi connectivity index (χ2v) is 8.06. The van der Waals surface area contributed by atoms with Crippen LogP contribution in [0.1, 0.15) is 18.4 Å². The maximum atomic E-state index is 13.7. The molecule has 2 aromatic rings. The number of hydrogen-bond acceptors (Lipinski definition) is 4. The fourth-order valence-corrected chi connectivity index (χ4v) is 4.23. The van der Waals surface area contributed by atoms with Crippen LogP contribution in [0, 0.1) is 12.7 Å². The molecule has 0 atom stereocenters. The highest BCUT2D eigenvalue weighted by atomic mass is 32.2. The third kappa shape index (κ3) is 4.44. The number of para-hydroxylation sites is 1. The number of nitrogen functional groups attached to an aromatic ring is 1. The van der Waals surface area contributed by atoms with Gasteiger partial charge in [-0.3, -0.25) is 4.72 Å². The Bertz CT molecular complexity index is 861. The lowest BCUT2D eigenvalue weighted by Crippen LogP contribution is -2.44. The van der Waals surface area contributed by atoms with E-state index in [1.807, 2.05) is 6.92 Å². The van der Waals surface area contributed by atoms with Gasteiger partial charge in [0, 0.05) is 18.8 Å². The number of hydrogen-bond donors (Lipinski definition) is 2. The zero-order valence-corrected chi connectivity index (χ0v) is 15.3. The van der Waals surface area contributed by atoms with Gasteiger partial charge >= 0.3 is 10.2 Å². The van der Waals surface area contributed by atoms with E-state index >= 15 is 0 Å². The van der Waals surface area contributed by atoms with Crippen molar-refractivity contribution in [2.45, 2.75) is 25.9 Å². The molecule has 0 radical (unpaired) electrons. The molecule has 140 valence electrons. The Kier molecular flexibility index (Phi) is 5.33. The highest BCUT2D eigenvalue weighted by molar-refractivity contribution is 7.90. The first-order chi connectivity index (χ1) is 12.3. The molecule has 1 saturated heterocycles. The summed E-state index contributed by atoms with van der Waals surface area (Å²) in [6, 6.07) is 11.3. The SMILES string of the molecule is Cc1cc(N)cc(NS(=O)(=O)N2CCC(Oc3ccccc3F)CC2)c1. The zero-order valence-electron chi connectivity index (χ0n) is 14.5. The van der Waals surface area contributed by atoms with Gasteiger partial charge in [0.2, 0.25) is 0 Å². The van der Waals surface area contributed by atoms with Crippen molar-refractivity contribution in [3.63, 3.8) is 0 Å². The molecule has 1 aliphatic rings. The summed E-state index contributed by atoms with van der Waals surface area (Å²) in [6.45, 7) is 2.45. The maximum Gasteiger partial charge on any atom is 0.301 e. The van der Waals surface area contributed by atoms with Gasteiger partial charge in [-0.15, -0.1) is 0 Å². The van der Waals surface area contributed by atoms with Gasteiger partial charge < -0.3 is 10.5 Å². The molecule has 1 aliphatic heterocycles. The Labute approximate surface area is 152 Å². The van der Waals surface area contributed by atoms with Crippen LogP contribution >= 0.6 is 0 Å². The van der Waals surface area contributed by atoms with E-state index in [0.29, 0.717) is 37.3 Å². The Hall–Kier alpha value is -2.32. The highest BCUT2D eigenvalue weighted by Gasteiger charge is 2.29. The van der Waals surface area contributed by atoms with Crippen molar-refractivity contribution in [2.75, 3.05) is 23.5 Å². The summed E-state index contributed by atoms with van der Waals surface area (Å²) >= 11 is 0. The average Bonchev–Trinajstić information content (AvgIpc) is 2.56. The van der Waals surface area contributed by atoms with E-state index in [1.165, 1.54) is 10.4 Å². The Morgan fingerprint density at radius 3 is 2.54 bits per heavy atom. The van der Waals surface area contributed by atoms with Crippen LogP contribution in [-0.4, -0.2) is 31.9 Å². The summed E-state index contributed by atoms with van der Waals surface area (Å²) in [5.74, 6) is -0.219. The summed E-state index contributed by atoms with van der Waals surface area (Å²) in [6.07, 6.45) is 0.768. The van der Waals surface area contributed by atoms with Gasteiger partial charge in [0.25, 0.3) is 0 Å². The third-order valence-corrected chi connectivity index (χ3v) is 5.76. The maximum absolute atomic E-state index is 13.7. The van der Waals surface area contributed by atoms with Crippen molar-refractivity contribution in [3.8, 4) is 5.75 Å². The Balaban J connectivity index is 1.60. The van der Waals surface area contributed by atoms with Gasteiger partial charge in [-0.25, -0.2) is 4.39 Å². The molecule has 0 unspecified atom stereocenters. The molecule has 6 nitrogen and oxygen atoms in total. The minimum absolute atomic E-state index is 0.196. The van der Waals surface area contributed by atoms with E-state index in [2.05, 4.69) is 4.72 Å². The minimum Gasteiger partial charge on any atom is -0.487 e. The van der Waals surface area contributed by atoms with Crippen LogP contribution in [0.3, 0.4) is 0 Å². The molecular formula is C18H22FN3O3S. The second kappa shape index (κ2) is 7.51. The second-order valence-electron chi connectivity index (χ2n) is 6.39. The van der Waals surface area contributed by atoms with Crippen LogP contribution in [0.25, 0.3) is 0 Å². The van der Waals surface area contributed by atoms with Crippen molar-refractivity contribution in [1.82, 2.24) is 4.31 Å². The zero-order chi connectivity index (χ0) is 18.7. The lowest BCUT2D eigenvalue weighted by atomic mass is 10.1. The van der Waals surface area contributed by atoms with Crippen LogP contribution in [0.15, 0.2) is 42.5 Å². The number of benzene rings is 2. The Morgan fingerprint density at radius 1 is 1.19 bits per heavy atom. The molecule has 0 aliphatic carbocycles. The van der Waals surface area contributed by atoms with E-state index in [0.717, 1.165) is 5.56 Å². The predicted molar refractivity (Wildman–Crippen MR) is 99.8 cm³/mol. The number of ether oxygens (including phenoxy) is 1. The fraction of sp³-hybridized carbons (Fsp3) is 0.333. The molecule has 0 amide bonds. The van der Waals surface area contributed by atoms with E-state index in [4.69, 9.17) is 10.5 Å². The van der Waals surface area contributed by atoms with E-state index < -0.39 is 16.0 Å². The molecule has 0 spiro atoms. The van der Waals surface area contributed by atoms with Crippen molar-refractivity contribution in [2.24, 2.45) is 0 Å². The fourth-order valence-electron chi connectivity index (χ4n) is 3.00. The van der Waals surface area contributed by atoms with Crippen LogP contribution in [0.2, 0.25) is 0 Å². The average molecular weight is 379 g/mol. The number of halogens is 1. The summed E-state index contributed by atoms with van der Waals surface area (Å²) in [5.41, 5.74) is 7.58. The summed E-state index contributed by atoms with van der Waals surface area (Å²) in [4.78, 5) is 0. The normalized spacial score (nSPS) is 16.4. The molecule has 0 aromatic heterocycles. The van der Waals surface area contributed by atoms with Gasteiger partial charge in [0.1, 0.15) is 6.10 Å². The van der Waals surface area contributed by atoms with Crippen molar-refractivity contribution < 1.29 is 17.5 Å². The lowest BCUT2D eigenvalue weighted by molar-refractivity contribution is 0.130. The largest absolute Gasteiger partial charge is 0.487 e. The highest BCUT2D eigenvalue weighted by Crippen LogP contribution is 2.24. The molecule has 0 saturated carbocycles. The summed E-state index contributed by atoms with van der Waals surface area (Å²) in [5, 5.41) is 0. The molecular weight excluding hydrogens is 357 g/mol. The number of nitrogens with zero attached hydrogens (tertiary/aromatic N) is 1. The first kappa shape index (κ1) is 18.5. The van der Waals surface area contributed by atoms with Crippen molar-refractivity contribution in [3.05, 3.63) is 53.8 Å². The number of rotatable bonds is 5. The van der Waals surface area contributed by atoms with Gasteiger partial charge in [-0.05, 0) is 55.7 Å². The van der Waals surface area contributed by atoms with Gasteiger partial charge in [-0.2, -0.15) is 12.7 Å². The standard InChI is InChI=1S/C18H22FN3O3S/c1-13-10-14(20)12-15(11-13)21-26(23,24)22-8-6-16(7-9-22)25-18-5-3-2-4-17(18)19/h2-5,10-12,16,21H,6-9,20H2,1H3. The Morgan fingerprint density at radius 2 is 1.88 bits per heavy atom. The smallest absolute Gasteiger partial charge is 0.301 e. The summed E-state index contributed by atoms with van der Waals surface area (Å²) < 4.78 is 48.4. The van der Waals surface area contributed by atoms with Gasteiger partial charge in [-0.1, -0.05) is 12.1 Å². The van der Waals surface area contributed by atoms with Crippen molar-refractivity contribution in [1.29, 1.82) is 0 Å². The first-order valence-corrected chi connectivity index (χ1v) is 9.84. The van der Waals surface area contributed by atoms with Crippen LogP contribution < -0.4 is 15.2 Å². The molecule has 3 rings (SSSR count). The number of aryl methyl sites for hydroxylation is 1. The quantitative estimate of drug-likeness (QED) is 0.783. The molecule has 2 aromatic carbocycles. The molecule has 0 bridgehead atoms. The van der Waals surface area contributed by atoms with Crippen LogP contribution in [0.4, 0.5) is 15.8 Å². The van der Waals surface area contributed by atoms with Gasteiger partial charge in [0.15, 0.2) is 11.6 Å². The van der Waals surface area contributed by atoms with E-state index in [1.54, 1.807) is 36.4 Å². The molecule has 3 N–H and O–H groups in total.